The summed E-state index contributed by atoms with van der Waals surface area (Å²) in [6.07, 6.45) is 0. The van der Waals surface area contributed by atoms with Crippen molar-refractivity contribution < 1.29 is 0 Å². The molecule has 0 aromatic heterocycles. The van der Waals surface area contributed by atoms with E-state index in [9.17, 15) is 0 Å². The van der Waals surface area contributed by atoms with Crippen molar-refractivity contribution in [3.8, 4) is 44.5 Å². The molecule has 0 amide bonds. The molecule has 7 rings (SSSR count). The molecule has 262 valence electrons. The van der Waals surface area contributed by atoms with Crippen molar-refractivity contribution in [2.75, 3.05) is 5.47 Å². The number of para-hydroxylation sites is 2. The Morgan fingerprint density at radius 3 is 0.692 bits per heavy atom. The van der Waals surface area contributed by atoms with Gasteiger partial charge in [-0.05, 0) is 0 Å². The van der Waals surface area contributed by atoms with Crippen LogP contribution in [0.4, 0.5) is 11.4 Å². The second-order valence-electron chi connectivity index (χ2n) is 15.3. The summed E-state index contributed by atoms with van der Waals surface area (Å²) in [4.78, 5) is 0. The summed E-state index contributed by atoms with van der Waals surface area (Å²) < 4.78 is 5.61. The fourth-order valence-corrected chi connectivity index (χ4v) is 15.0. The molecule has 0 saturated carbocycles. The molecule has 52 heavy (non-hydrogen) atoms. The van der Waals surface area contributed by atoms with Gasteiger partial charge < -0.3 is 0 Å². The Bertz CT molecular complexity index is 1990. The molecule has 6 aromatic rings. The Morgan fingerprint density at radius 1 is 0.308 bits per heavy atom. The maximum atomic E-state index is 2.80. The molecular weight excluding hydrogens is 754 g/mol. The first-order valence-corrected chi connectivity index (χ1v) is 21.7. The van der Waals surface area contributed by atoms with Crippen molar-refractivity contribution in [3.63, 3.8) is 0 Å². The quantitative estimate of drug-likeness (QED) is 0.155. The zero-order valence-electron chi connectivity index (χ0n) is 32.9. The van der Waals surface area contributed by atoms with Crippen LogP contribution in [0.15, 0.2) is 84.9 Å². The first-order valence-electron chi connectivity index (χ1n) is 18.4. The number of benzene rings is 6. The maximum absolute atomic E-state index is 2.80. The topological polar surface area (TPSA) is 6.48 Å². The number of hydrogen-bond acceptors (Lipinski definition) is 2. The molecule has 0 spiro atoms. The van der Waals surface area contributed by atoms with Gasteiger partial charge in [-0.25, -0.2) is 0 Å². The van der Waals surface area contributed by atoms with E-state index < -0.39 is 0 Å². The summed E-state index contributed by atoms with van der Waals surface area (Å²) in [5.74, 6) is 0. The van der Waals surface area contributed by atoms with Crippen LogP contribution in [-0.4, -0.2) is 32.4 Å². The monoisotopic (exact) mass is 804 g/mol. The molecule has 4 heteroatoms. The summed E-state index contributed by atoms with van der Waals surface area (Å²) in [6.45, 7) is 27.2. The fourth-order valence-electron chi connectivity index (χ4n) is 9.09. The molecule has 0 atom stereocenters. The Morgan fingerprint density at radius 2 is 0.500 bits per heavy atom. The zero-order valence-corrected chi connectivity index (χ0v) is 36.6. The number of hydrogen-bond donors (Lipinski definition) is 0. The van der Waals surface area contributed by atoms with Crippen LogP contribution in [0.1, 0.15) is 66.8 Å². The number of anilines is 2. The van der Waals surface area contributed by atoms with Crippen LogP contribution < -0.4 is 5.47 Å². The van der Waals surface area contributed by atoms with Crippen molar-refractivity contribution in [1.82, 2.24) is 0 Å². The first-order chi connectivity index (χ1) is 24.7. The van der Waals surface area contributed by atoms with E-state index in [1.807, 2.05) is 0 Å². The number of nitrogens with zero attached hydrogens (tertiary/aromatic N) is 2. The zero-order chi connectivity index (χ0) is 37.2. The average Bonchev–Trinajstić information content (AvgIpc) is 3.00. The van der Waals surface area contributed by atoms with Gasteiger partial charge in [0.2, 0.25) is 0 Å². The molecule has 1 aliphatic rings. The molecule has 2 nitrogen and oxygen atoms in total. The summed E-state index contributed by atoms with van der Waals surface area (Å²) in [5, 5.41) is 0. The third-order valence-corrected chi connectivity index (χ3v) is 17.2. The van der Waals surface area contributed by atoms with Crippen molar-refractivity contribution in [3.05, 3.63) is 152 Å². The summed E-state index contributed by atoms with van der Waals surface area (Å²) in [5.41, 5.74) is 29.9. The van der Waals surface area contributed by atoms with Gasteiger partial charge in [0.15, 0.2) is 0 Å². The molecule has 1 aliphatic heterocycles. The van der Waals surface area contributed by atoms with Crippen molar-refractivity contribution in [2.24, 2.45) is 0 Å². The molecule has 0 bridgehead atoms. The Balaban J connectivity index is 1.44. The van der Waals surface area contributed by atoms with Gasteiger partial charge in [-0.2, -0.15) is 0 Å². The third-order valence-electron chi connectivity index (χ3n) is 10.6. The minimum atomic E-state index is -0.327. The molecule has 0 N–H and O–H groups in total. The predicted octanol–water partition coefficient (Wildman–Crippen LogP) is 12.5. The molecule has 1 saturated heterocycles. The number of aryl methyl sites for hydroxylation is 12. The Kier molecular flexibility index (Phi) is 9.88. The van der Waals surface area contributed by atoms with Crippen LogP contribution in [0.5, 0.6) is 0 Å². The van der Waals surface area contributed by atoms with E-state index >= 15 is 0 Å². The average molecular weight is 805 g/mol. The van der Waals surface area contributed by atoms with Crippen LogP contribution >= 0.6 is 0 Å². The van der Waals surface area contributed by atoms with E-state index in [-0.39, 0.29) is 32.4 Å². The van der Waals surface area contributed by atoms with E-state index in [2.05, 4.69) is 173 Å². The number of rotatable bonds is 6. The van der Waals surface area contributed by atoms with Gasteiger partial charge >= 0.3 is 329 Å². The van der Waals surface area contributed by atoms with E-state index in [1.165, 1.54) is 123 Å². The fraction of sp³-hybridized carbons (Fsp3) is 0.250. The predicted molar refractivity (Wildman–Crippen MR) is 228 cm³/mol. The molecule has 6 aromatic carbocycles. The standard InChI is InChI=1S/C48H50As2N2/c1-27-19-31(5)43(32(6)20-27)39-15-13-16-40(44-33(7)21-28(2)22-34(44)8)47(39)51-49-52(50-51)48-41(45-35(9)23-29(3)24-36(45)10)17-14-18-42(48)46-37(11)25-30(4)26-38(46)12/h13-26H,1-12H3. The second kappa shape index (κ2) is 14.1. The van der Waals surface area contributed by atoms with Crippen molar-refractivity contribution in [1.29, 1.82) is 0 Å². The molecule has 0 unspecified atom stereocenters. The van der Waals surface area contributed by atoms with Gasteiger partial charge in [-0.1, -0.05) is 0 Å². The van der Waals surface area contributed by atoms with E-state index in [1.54, 1.807) is 0 Å². The normalized spacial score (nSPS) is 13.7. The van der Waals surface area contributed by atoms with Gasteiger partial charge in [-0.15, -0.1) is 0 Å². The first kappa shape index (κ1) is 36.4. The van der Waals surface area contributed by atoms with E-state index in [0.29, 0.717) is 0 Å². The summed E-state index contributed by atoms with van der Waals surface area (Å²) >= 11 is -0.653. The van der Waals surface area contributed by atoms with Crippen molar-refractivity contribution >= 4 is 43.8 Å². The third kappa shape index (κ3) is 6.48. The Hall–Kier alpha value is -3.96. The van der Waals surface area contributed by atoms with E-state index in [0.717, 1.165) is 0 Å². The van der Waals surface area contributed by atoms with Gasteiger partial charge in [0, 0.05) is 0 Å². The second-order valence-corrected chi connectivity index (χ2v) is 22.3. The molecule has 1 heterocycles. The van der Waals surface area contributed by atoms with Crippen LogP contribution in [0.2, 0.25) is 0 Å². The molecule has 0 aliphatic carbocycles. The molecule has 2 radical (unpaired) electrons. The van der Waals surface area contributed by atoms with Gasteiger partial charge in [0.25, 0.3) is 0 Å². The van der Waals surface area contributed by atoms with Gasteiger partial charge in [0.05, 0.1) is 0 Å². The molecular formula is C48H50As2N2. The van der Waals surface area contributed by atoms with Gasteiger partial charge in [-0.3, -0.25) is 0 Å². The van der Waals surface area contributed by atoms with Gasteiger partial charge in [0.1, 0.15) is 0 Å². The SMILES string of the molecule is Cc1cc(C)c(-c2cccc(-c3c(C)cc(C)cc3C)c2N2[As]N(c3c(-c4c(C)cc(C)cc4C)cccc3-c3c(C)cc(C)cc3C)[As]2)c(C)c1. The van der Waals surface area contributed by atoms with E-state index in [4.69, 9.17) is 0 Å². The Labute approximate surface area is 326 Å². The van der Waals surface area contributed by atoms with Crippen LogP contribution in [0, 0.1) is 83.1 Å². The summed E-state index contributed by atoms with van der Waals surface area (Å²) in [6, 6.07) is 32.9. The van der Waals surface area contributed by atoms with Crippen molar-refractivity contribution in [2.45, 2.75) is 83.1 Å². The van der Waals surface area contributed by atoms with Crippen LogP contribution in [0.25, 0.3) is 44.5 Å². The molecule has 1 fully saturated rings. The summed E-state index contributed by atoms with van der Waals surface area (Å²) in [7, 11) is 0. The van der Waals surface area contributed by atoms with Crippen LogP contribution in [0.3, 0.4) is 0 Å². The van der Waals surface area contributed by atoms with Crippen LogP contribution in [-0.2, 0) is 0 Å². The minimum absolute atomic E-state index is 0.327.